The van der Waals surface area contributed by atoms with Gasteiger partial charge in [0.05, 0.1) is 21.9 Å². The van der Waals surface area contributed by atoms with Crippen LogP contribution in [0.4, 0.5) is 11.4 Å². The third-order valence-electron chi connectivity index (χ3n) is 4.77. The van der Waals surface area contributed by atoms with Gasteiger partial charge < -0.3 is 15.4 Å². The normalized spacial score (nSPS) is 10.7. The molecule has 0 atom stereocenters. The fourth-order valence-corrected chi connectivity index (χ4v) is 3.67. The van der Waals surface area contributed by atoms with E-state index in [0.29, 0.717) is 17.0 Å². The Labute approximate surface area is 226 Å². The molecule has 11 heteroatoms. The SMILES string of the molecule is Cc1ccc(C)c(NC(=O)COc2ccc(Br)cc2/C=N\NC(=O)C(=O)Nc2cccc(Cl)c2Cl)c1. The van der Waals surface area contributed by atoms with E-state index in [9.17, 15) is 14.4 Å². The molecule has 3 aromatic rings. The molecule has 8 nitrogen and oxygen atoms in total. The predicted octanol–water partition coefficient (Wildman–Crippen LogP) is 5.48. The molecule has 3 N–H and O–H groups in total. The molecule has 3 rings (SSSR count). The number of carbonyl (C=O) groups is 3. The summed E-state index contributed by atoms with van der Waals surface area (Å²) in [7, 11) is 0. The third-order valence-corrected chi connectivity index (χ3v) is 6.09. The zero-order valence-corrected chi connectivity index (χ0v) is 22.3. The van der Waals surface area contributed by atoms with Crippen molar-refractivity contribution in [2.75, 3.05) is 17.2 Å². The lowest BCUT2D eigenvalue weighted by atomic mass is 10.1. The zero-order chi connectivity index (χ0) is 26.2. The summed E-state index contributed by atoms with van der Waals surface area (Å²) in [6.45, 7) is 3.59. The maximum absolute atomic E-state index is 12.4. The van der Waals surface area contributed by atoms with Crippen LogP contribution in [0.15, 0.2) is 64.2 Å². The molecule has 0 aromatic heterocycles. The van der Waals surface area contributed by atoms with E-state index in [1.165, 1.54) is 12.3 Å². The highest BCUT2D eigenvalue weighted by molar-refractivity contribution is 9.10. The molecule has 0 aliphatic heterocycles. The number of halogens is 3. The highest BCUT2D eigenvalue weighted by Crippen LogP contribution is 2.29. The average Bonchev–Trinajstić information content (AvgIpc) is 2.83. The Bertz CT molecular complexity index is 1350. The van der Waals surface area contributed by atoms with E-state index in [0.717, 1.165) is 15.6 Å². The van der Waals surface area contributed by atoms with Gasteiger partial charge in [0.2, 0.25) is 0 Å². The first-order valence-corrected chi connectivity index (χ1v) is 12.1. The lowest BCUT2D eigenvalue weighted by Crippen LogP contribution is -2.32. The van der Waals surface area contributed by atoms with Crippen LogP contribution in [0.1, 0.15) is 16.7 Å². The first kappa shape index (κ1) is 27.2. The Balaban J connectivity index is 1.60. The van der Waals surface area contributed by atoms with Crippen LogP contribution in [-0.2, 0) is 14.4 Å². The van der Waals surface area contributed by atoms with Crippen molar-refractivity contribution in [1.29, 1.82) is 0 Å². The molecule has 0 saturated heterocycles. The molecule has 0 aliphatic carbocycles. The molecule has 0 heterocycles. The van der Waals surface area contributed by atoms with Gasteiger partial charge in [-0.05, 0) is 61.4 Å². The average molecular weight is 592 g/mol. The summed E-state index contributed by atoms with van der Waals surface area (Å²) < 4.78 is 6.38. The van der Waals surface area contributed by atoms with E-state index >= 15 is 0 Å². The van der Waals surface area contributed by atoms with Gasteiger partial charge in [-0.15, -0.1) is 0 Å². The minimum atomic E-state index is -1.02. The molecule has 186 valence electrons. The number of hydrazone groups is 1. The molecule has 0 unspecified atom stereocenters. The zero-order valence-electron chi connectivity index (χ0n) is 19.2. The van der Waals surface area contributed by atoms with Gasteiger partial charge in [-0.3, -0.25) is 14.4 Å². The Morgan fingerprint density at radius 2 is 1.75 bits per heavy atom. The number of ether oxygens (including phenoxy) is 1. The quantitative estimate of drug-likeness (QED) is 0.192. The monoisotopic (exact) mass is 590 g/mol. The number of benzene rings is 3. The summed E-state index contributed by atoms with van der Waals surface area (Å²) in [5.41, 5.74) is 5.45. The van der Waals surface area contributed by atoms with Crippen molar-refractivity contribution in [3.05, 3.63) is 85.8 Å². The van der Waals surface area contributed by atoms with E-state index in [1.54, 1.807) is 30.3 Å². The second-order valence-corrected chi connectivity index (χ2v) is 9.29. The maximum atomic E-state index is 12.4. The van der Waals surface area contributed by atoms with Crippen LogP contribution in [0.5, 0.6) is 5.75 Å². The van der Waals surface area contributed by atoms with E-state index in [-0.39, 0.29) is 28.2 Å². The Morgan fingerprint density at radius 3 is 2.53 bits per heavy atom. The first-order chi connectivity index (χ1) is 17.1. The van der Waals surface area contributed by atoms with Crippen molar-refractivity contribution in [1.82, 2.24) is 5.43 Å². The molecule has 0 bridgehead atoms. The van der Waals surface area contributed by atoms with E-state index in [4.69, 9.17) is 27.9 Å². The number of anilines is 2. The van der Waals surface area contributed by atoms with Crippen molar-refractivity contribution in [2.45, 2.75) is 13.8 Å². The Kier molecular flexibility index (Phi) is 9.46. The van der Waals surface area contributed by atoms with Gasteiger partial charge in [0.15, 0.2) is 6.61 Å². The summed E-state index contributed by atoms with van der Waals surface area (Å²) in [5.74, 6) is -1.99. The molecule has 0 spiro atoms. The summed E-state index contributed by atoms with van der Waals surface area (Å²) in [5, 5.41) is 9.35. The van der Waals surface area contributed by atoms with Crippen LogP contribution in [-0.4, -0.2) is 30.5 Å². The molecule has 0 fully saturated rings. The number of nitrogens with zero attached hydrogens (tertiary/aromatic N) is 1. The molecule has 0 saturated carbocycles. The van der Waals surface area contributed by atoms with Crippen LogP contribution in [0.2, 0.25) is 10.0 Å². The fraction of sp³-hybridized carbons (Fsp3) is 0.120. The second-order valence-electron chi connectivity index (χ2n) is 7.59. The highest BCUT2D eigenvalue weighted by Gasteiger charge is 2.16. The molecule has 36 heavy (non-hydrogen) atoms. The number of rotatable bonds is 7. The van der Waals surface area contributed by atoms with E-state index in [1.807, 2.05) is 32.0 Å². The van der Waals surface area contributed by atoms with Crippen molar-refractivity contribution in [3.8, 4) is 5.75 Å². The smallest absolute Gasteiger partial charge is 0.329 e. The van der Waals surface area contributed by atoms with E-state index in [2.05, 4.69) is 37.1 Å². The lowest BCUT2D eigenvalue weighted by Gasteiger charge is -2.12. The standard InChI is InChI=1S/C25H21BrCl2N4O4/c1-14-6-7-15(2)20(10-14)30-22(33)13-36-21-9-8-17(26)11-16(21)12-29-32-25(35)24(34)31-19-5-3-4-18(27)23(19)28/h3-12H,13H2,1-2H3,(H,30,33)(H,31,34)(H,32,35)/b29-12-. The van der Waals surface area contributed by atoms with Crippen molar-refractivity contribution >= 4 is 74.4 Å². The number of aryl methyl sites for hydroxylation is 2. The fourth-order valence-electron chi connectivity index (χ4n) is 2.94. The van der Waals surface area contributed by atoms with Gasteiger partial charge in [-0.2, -0.15) is 5.10 Å². The van der Waals surface area contributed by atoms with Crippen molar-refractivity contribution in [3.63, 3.8) is 0 Å². The Hall–Kier alpha value is -3.40. The van der Waals surface area contributed by atoms with Crippen molar-refractivity contribution < 1.29 is 19.1 Å². The van der Waals surface area contributed by atoms with Crippen molar-refractivity contribution in [2.24, 2.45) is 5.10 Å². The van der Waals surface area contributed by atoms with Crippen LogP contribution >= 0.6 is 39.1 Å². The van der Waals surface area contributed by atoms with Gasteiger partial charge in [0, 0.05) is 15.7 Å². The van der Waals surface area contributed by atoms with Gasteiger partial charge in [-0.1, -0.05) is 57.3 Å². The molecule has 3 aromatic carbocycles. The molecular weight excluding hydrogens is 571 g/mol. The van der Waals surface area contributed by atoms with Crippen LogP contribution in [0.25, 0.3) is 0 Å². The second kappa shape index (κ2) is 12.5. The minimum Gasteiger partial charge on any atom is -0.483 e. The van der Waals surface area contributed by atoms with Crippen LogP contribution in [0, 0.1) is 13.8 Å². The highest BCUT2D eigenvalue weighted by atomic mass is 79.9. The van der Waals surface area contributed by atoms with E-state index < -0.39 is 11.8 Å². The van der Waals surface area contributed by atoms with Crippen LogP contribution in [0.3, 0.4) is 0 Å². The topological polar surface area (TPSA) is 109 Å². The number of amides is 3. The number of nitrogens with one attached hydrogen (secondary N) is 3. The Morgan fingerprint density at radius 1 is 0.972 bits per heavy atom. The van der Waals surface area contributed by atoms with Crippen LogP contribution < -0.4 is 20.8 Å². The van der Waals surface area contributed by atoms with Gasteiger partial charge in [0.1, 0.15) is 5.75 Å². The van der Waals surface area contributed by atoms with Gasteiger partial charge in [-0.25, -0.2) is 5.43 Å². The third kappa shape index (κ3) is 7.55. The summed E-state index contributed by atoms with van der Waals surface area (Å²) in [6, 6.07) is 15.5. The summed E-state index contributed by atoms with van der Waals surface area (Å²) >= 11 is 15.3. The molecular formula is C25H21BrCl2N4O4. The number of hydrogen-bond acceptors (Lipinski definition) is 5. The molecule has 3 amide bonds. The van der Waals surface area contributed by atoms with Gasteiger partial charge >= 0.3 is 11.8 Å². The largest absolute Gasteiger partial charge is 0.483 e. The summed E-state index contributed by atoms with van der Waals surface area (Å²) in [6.07, 6.45) is 1.29. The summed E-state index contributed by atoms with van der Waals surface area (Å²) in [4.78, 5) is 36.7. The minimum absolute atomic E-state index is 0.112. The number of carbonyl (C=O) groups excluding carboxylic acids is 3. The lowest BCUT2D eigenvalue weighted by molar-refractivity contribution is -0.136. The first-order valence-electron chi connectivity index (χ1n) is 10.5. The predicted molar refractivity (Wildman–Crippen MR) is 145 cm³/mol. The maximum Gasteiger partial charge on any atom is 0.329 e. The van der Waals surface area contributed by atoms with Gasteiger partial charge in [0.25, 0.3) is 5.91 Å². The molecule has 0 radical (unpaired) electrons. The molecule has 0 aliphatic rings. The number of hydrogen-bond donors (Lipinski definition) is 3.